The van der Waals surface area contributed by atoms with Crippen molar-refractivity contribution in [3.8, 4) is 0 Å². The number of rotatable bonds is 18. The zero-order valence-corrected chi connectivity index (χ0v) is 20.8. The molecule has 210 valence electrons. The molecule has 9 N–H and O–H groups in total. The molecule has 38 heavy (non-hydrogen) atoms. The van der Waals surface area contributed by atoms with Crippen molar-refractivity contribution in [2.24, 2.45) is 0 Å². The first kappa shape index (κ1) is 32.4. The number of amides is 3. The summed E-state index contributed by atoms with van der Waals surface area (Å²) in [4.78, 5) is 48.5. The van der Waals surface area contributed by atoms with Crippen molar-refractivity contribution in [2.45, 2.75) is 49.3 Å². The Labute approximate surface area is 220 Å². The average Bonchev–Trinajstić information content (AvgIpc) is 2.90. The summed E-state index contributed by atoms with van der Waals surface area (Å²) in [5.41, 5.74) is 0.431. The summed E-state index contributed by atoms with van der Waals surface area (Å²) in [6.45, 7) is 6.39. The van der Waals surface area contributed by atoms with Crippen molar-refractivity contribution in [1.29, 1.82) is 0 Å². The van der Waals surface area contributed by atoms with Gasteiger partial charge in [-0.3, -0.25) is 19.2 Å². The lowest BCUT2D eigenvalue weighted by Crippen LogP contribution is -2.59. The van der Waals surface area contributed by atoms with Crippen LogP contribution in [0.25, 0.3) is 0 Å². The number of benzene rings is 1. The number of hydrogen-bond acceptors (Lipinski definition) is 9. The number of aliphatic hydroxyl groups excluding tert-OH is 4. The third-order valence-corrected chi connectivity index (χ3v) is 5.40. The van der Waals surface area contributed by atoms with Crippen LogP contribution in [-0.4, -0.2) is 99.3 Å². The Hall–Kier alpha value is -3.62. The number of nitrogens with one attached hydrogen (secondary N) is 4. The molecule has 13 heteroatoms. The van der Waals surface area contributed by atoms with Gasteiger partial charge < -0.3 is 46.8 Å². The molecule has 0 unspecified atom stereocenters. The van der Waals surface area contributed by atoms with E-state index >= 15 is 0 Å². The highest BCUT2D eigenvalue weighted by molar-refractivity contribution is 5.88. The summed E-state index contributed by atoms with van der Waals surface area (Å²) < 4.78 is 0. The van der Waals surface area contributed by atoms with Crippen LogP contribution in [0.4, 0.5) is 0 Å². The Balaban J connectivity index is 2.86. The molecule has 0 aliphatic rings. The fourth-order valence-electron chi connectivity index (χ4n) is 3.40. The Morgan fingerprint density at radius 2 is 1.55 bits per heavy atom. The highest BCUT2D eigenvalue weighted by Crippen LogP contribution is 2.17. The molecule has 0 aliphatic heterocycles. The van der Waals surface area contributed by atoms with E-state index in [9.17, 15) is 39.6 Å². The maximum absolute atomic E-state index is 12.7. The van der Waals surface area contributed by atoms with Gasteiger partial charge in [-0.2, -0.15) is 0 Å². The van der Waals surface area contributed by atoms with Crippen molar-refractivity contribution in [1.82, 2.24) is 21.3 Å². The van der Waals surface area contributed by atoms with Crippen molar-refractivity contribution in [3.05, 3.63) is 61.2 Å². The highest BCUT2D eigenvalue weighted by Gasteiger charge is 2.37. The first-order chi connectivity index (χ1) is 18.0. The monoisotopic (exact) mass is 536 g/mol. The first-order valence-electron chi connectivity index (χ1n) is 11.8. The van der Waals surface area contributed by atoms with Crippen molar-refractivity contribution in [3.63, 3.8) is 0 Å². The molecule has 0 aromatic heterocycles. The standard InChI is InChI=1S/C25H36N4O9/c1-3-8-16(27-19(31)13-26-11-4-2)24(37)29-18(14-30)21(34)22(35)23(36)25(38)28-17(12-20(32)33)15-9-6-5-7-10-15/h3-7,9-10,16-18,21-23,26,30,34-36H,1-2,8,11-14H2,(H,27,31)(H,28,38)(H,29,37)(H,32,33)/t16-,17-,18-,21+,22+,23-/m0/s1. The number of aliphatic hydroxyl groups is 4. The van der Waals surface area contributed by atoms with Gasteiger partial charge in [0.25, 0.3) is 5.91 Å². The molecule has 0 bridgehead atoms. The van der Waals surface area contributed by atoms with Gasteiger partial charge in [0.2, 0.25) is 11.8 Å². The summed E-state index contributed by atoms with van der Waals surface area (Å²) in [7, 11) is 0. The van der Waals surface area contributed by atoms with Gasteiger partial charge in [0.05, 0.1) is 31.7 Å². The van der Waals surface area contributed by atoms with Gasteiger partial charge in [-0.1, -0.05) is 42.5 Å². The molecule has 0 radical (unpaired) electrons. The highest BCUT2D eigenvalue weighted by atomic mass is 16.4. The number of carboxylic acids is 1. The minimum Gasteiger partial charge on any atom is -0.481 e. The summed E-state index contributed by atoms with van der Waals surface area (Å²) >= 11 is 0. The van der Waals surface area contributed by atoms with Crippen LogP contribution in [0.1, 0.15) is 24.4 Å². The van der Waals surface area contributed by atoms with Crippen molar-refractivity contribution >= 4 is 23.7 Å². The van der Waals surface area contributed by atoms with Crippen LogP contribution >= 0.6 is 0 Å². The second-order valence-corrected chi connectivity index (χ2v) is 8.36. The van der Waals surface area contributed by atoms with Crippen LogP contribution < -0.4 is 21.3 Å². The summed E-state index contributed by atoms with van der Waals surface area (Å²) in [5.74, 6) is -3.75. The normalized spacial score (nSPS) is 15.6. The van der Waals surface area contributed by atoms with E-state index in [0.29, 0.717) is 12.1 Å². The topological polar surface area (TPSA) is 218 Å². The summed E-state index contributed by atoms with van der Waals surface area (Å²) in [5, 5.41) is 59.9. The van der Waals surface area contributed by atoms with E-state index < -0.39 is 73.2 Å². The quantitative estimate of drug-likeness (QED) is 0.0723. The third kappa shape index (κ3) is 10.8. The third-order valence-electron chi connectivity index (χ3n) is 5.40. The largest absolute Gasteiger partial charge is 0.481 e. The number of carbonyl (C=O) groups excluding carboxylic acids is 3. The van der Waals surface area contributed by atoms with Crippen molar-refractivity contribution in [2.75, 3.05) is 19.7 Å². The molecule has 0 aliphatic carbocycles. The fourth-order valence-corrected chi connectivity index (χ4v) is 3.40. The van der Waals surface area contributed by atoms with E-state index in [-0.39, 0.29) is 13.0 Å². The molecule has 3 amide bonds. The van der Waals surface area contributed by atoms with E-state index in [2.05, 4.69) is 34.4 Å². The van der Waals surface area contributed by atoms with Gasteiger partial charge in [-0.15, -0.1) is 13.2 Å². The average molecular weight is 537 g/mol. The fraction of sp³-hybridized carbons (Fsp3) is 0.440. The zero-order valence-electron chi connectivity index (χ0n) is 20.8. The van der Waals surface area contributed by atoms with Gasteiger partial charge in [0, 0.05) is 6.54 Å². The van der Waals surface area contributed by atoms with Gasteiger partial charge >= 0.3 is 5.97 Å². The SMILES string of the molecule is C=CCNCC(=O)N[C@@H](CC=C)C(=O)N[C@@H](CO)[C@@H](O)[C@@H](O)[C@H](O)C(=O)N[C@@H](CC(=O)O)c1ccccc1. The molecular weight excluding hydrogens is 500 g/mol. The van der Waals surface area contributed by atoms with E-state index in [4.69, 9.17) is 5.11 Å². The van der Waals surface area contributed by atoms with Gasteiger partial charge in [-0.25, -0.2) is 0 Å². The number of carbonyl (C=O) groups is 4. The van der Waals surface area contributed by atoms with Gasteiger partial charge in [0.1, 0.15) is 18.2 Å². The second kappa shape index (κ2) is 17.0. The first-order valence-corrected chi connectivity index (χ1v) is 11.8. The van der Waals surface area contributed by atoms with Crippen LogP contribution in [0.5, 0.6) is 0 Å². The summed E-state index contributed by atoms with van der Waals surface area (Å²) in [6, 6.07) is 4.36. The Kier molecular flexibility index (Phi) is 14.5. The Morgan fingerprint density at radius 3 is 2.11 bits per heavy atom. The maximum Gasteiger partial charge on any atom is 0.305 e. The molecule has 6 atom stereocenters. The van der Waals surface area contributed by atoms with Gasteiger partial charge in [0.15, 0.2) is 6.10 Å². The molecule has 0 saturated carbocycles. The van der Waals surface area contributed by atoms with E-state index in [1.807, 2.05) is 0 Å². The van der Waals surface area contributed by atoms with E-state index in [1.165, 1.54) is 6.08 Å². The van der Waals surface area contributed by atoms with Crippen LogP contribution in [0, 0.1) is 0 Å². The lowest BCUT2D eigenvalue weighted by atomic mass is 9.98. The molecule has 0 heterocycles. The van der Waals surface area contributed by atoms with Crippen LogP contribution in [0.15, 0.2) is 55.6 Å². The lowest BCUT2D eigenvalue weighted by Gasteiger charge is -2.30. The molecule has 13 nitrogen and oxygen atoms in total. The minimum absolute atomic E-state index is 0.00527. The second-order valence-electron chi connectivity index (χ2n) is 8.36. The molecule has 0 spiro atoms. The molecule has 1 rings (SSSR count). The minimum atomic E-state index is -2.24. The Morgan fingerprint density at radius 1 is 0.895 bits per heavy atom. The Bertz CT molecular complexity index is 944. The zero-order chi connectivity index (χ0) is 28.7. The molecule has 1 aromatic carbocycles. The lowest BCUT2D eigenvalue weighted by molar-refractivity contribution is -0.145. The predicted octanol–water partition coefficient (Wildman–Crippen LogP) is -2.29. The molecule has 1 aromatic rings. The predicted molar refractivity (Wildman–Crippen MR) is 136 cm³/mol. The van der Waals surface area contributed by atoms with E-state index in [0.717, 1.165) is 0 Å². The summed E-state index contributed by atoms with van der Waals surface area (Å²) in [6.07, 6.45) is -4.03. The van der Waals surface area contributed by atoms with Crippen LogP contribution in [0.2, 0.25) is 0 Å². The van der Waals surface area contributed by atoms with Crippen molar-refractivity contribution < 1.29 is 44.7 Å². The molecule has 0 saturated heterocycles. The smallest absolute Gasteiger partial charge is 0.305 e. The van der Waals surface area contributed by atoms with Crippen LogP contribution in [-0.2, 0) is 19.2 Å². The van der Waals surface area contributed by atoms with Crippen LogP contribution in [0.3, 0.4) is 0 Å². The number of aliphatic carboxylic acids is 1. The molecule has 0 fully saturated rings. The molecular formula is C25H36N4O9. The number of hydrogen-bond donors (Lipinski definition) is 9. The maximum atomic E-state index is 12.7. The van der Waals surface area contributed by atoms with Gasteiger partial charge in [-0.05, 0) is 12.0 Å². The number of carboxylic acid groups (broad SMARTS) is 1. The van der Waals surface area contributed by atoms with E-state index in [1.54, 1.807) is 36.4 Å².